The first kappa shape index (κ1) is 13.9. The van der Waals surface area contributed by atoms with Gasteiger partial charge in [-0.2, -0.15) is 0 Å². The van der Waals surface area contributed by atoms with Gasteiger partial charge in [0, 0.05) is 18.5 Å². The highest BCUT2D eigenvalue weighted by atomic mass is 19.1. The number of hydrogen-bond donors (Lipinski definition) is 0. The summed E-state index contributed by atoms with van der Waals surface area (Å²) in [4.78, 5) is 2.38. The minimum Gasteiger partial charge on any atom is -0.424 e. The molecule has 4 rings (SSSR count). The van der Waals surface area contributed by atoms with E-state index in [2.05, 4.69) is 15.1 Å². The first-order chi connectivity index (χ1) is 10.8. The van der Waals surface area contributed by atoms with Crippen molar-refractivity contribution in [1.82, 2.24) is 15.1 Å². The van der Waals surface area contributed by atoms with Crippen molar-refractivity contribution in [2.45, 2.75) is 50.6 Å². The van der Waals surface area contributed by atoms with Crippen LogP contribution in [0, 0.1) is 5.82 Å². The summed E-state index contributed by atoms with van der Waals surface area (Å²) in [6.45, 7) is 1.61. The molecule has 0 N–H and O–H groups in total. The Kier molecular flexibility index (Phi) is 3.66. The predicted molar refractivity (Wildman–Crippen MR) is 79.8 cm³/mol. The number of aromatic nitrogens is 2. The van der Waals surface area contributed by atoms with Crippen LogP contribution in [0.15, 0.2) is 28.7 Å². The van der Waals surface area contributed by atoms with E-state index < -0.39 is 0 Å². The molecule has 4 nitrogen and oxygen atoms in total. The summed E-state index contributed by atoms with van der Waals surface area (Å²) < 4.78 is 19.0. The number of benzene rings is 1. The first-order valence-electron chi connectivity index (χ1n) is 8.09. The molecule has 116 valence electrons. The molecule has 0 aliphatic heterocycles. The van der Waals surface area contributed by atoms with E-state index in [0.717, 1.165) is 24.4 Å². The van der Waals surface area contributed by atoms with Crippen LogP contribution in [0.25, 0.3) is 0 Å². The van der Waals surface area contributed by atoms with Gasteiger partial charge in [0.25, 0.3) is 0 Å². The molecule has 0 amide bonds. The molecule has 2 aliphatic rings. The summed E-state index contributed by atoms with van der Waals surface area (Å²) in [5, 5.41) is 8.33. The summed E-state index contributed by atoms with van der Waals surface area (Å²) in [6.07, 6.45) is 5.65. The summed E-state index contributed by atoms with van der Waals surface area (Å²) in [7, 11) is 0. The van der Waals surface area contributed by atoms with E-state index in [1.807, 2.05) is 6.07 Å². The van der Waals surface area contributed by atoms with Gasteiger partial charge >= 0.3 is 0 Å². The Labute approximate surface area is 129 Å². The molecule has 0 radical (unpaired) electrons. The van der Waals surface area contributed by atoms with Crippen LogP contribution in [0.1, 0.15) is 48.9 Å². The Balaban J connectivity index is 1.37. The van der Waals surface area contributed by atoms with Crippen LogP contribution in [0.3, 0.4) is 0 Å². The Hall–Kier alpha value is -1.75. The Bertz CT molecular complexity index is 649. The monoisotopic (exact) mass is 301 g/mol. The second-order valence-corrected chi connectivity index (χ2v) is 6.39. The zero-order chi connectivity index (χ0) is 14.9. The third-order valence-electron chi connectivity index (χ3n) is 4.39. The van der Waals surface area contributed by atoms with Crippen molar-refractivity contribution < 1.29 is 8.81 Å². The first-order valence-corrected chi connectivity index (χ1v) is 8.09. The van der Waals surface area contributed by atoms with Gasteiger partial charge in [0.2, 0.25) is 11.8 Å². The minimum atomic E-state index is -0.165. The summed E-state index contributed by atoms with van der Waals surface area (Å²) in [5.41, 5.74) is 1.04. The van der Waals surface area contributed by atoms with Crippen LogP contribution in [0.4, 0.5) is 4.39 Å². The Morgan fingerprint density at radius 2 is 2.05 bits per heavy atom. The van der Waals surface area contributed by atoms with Crippen molar-refractivity contribution in [2.75, 3.05) is 6.54 Å². The van der Waals surface area contributed by atoms with Crippen molar-refractivity contribution in [3.8, 4) is 0 Å². The Morgan fingerprint density at radius 3 is 2.77 bits per heavy atom. The average molecular weight is 301 g/mol. The summed E-state index contributed by atoms with van der Waals surface area (Å²) in [6, 6.07) is 7.46. The van der Waals surface area contributed by atoms with Gasteiger partial charge in [0.1, 0.15) is 5.82 Å². The fourth-order valence-electron chi connectivity index (χ4n) is 2.80. The average Bonchev–Trinajstić information content (AvgIpc) is 3.43. The smallest absolute Gasteiger partial charge is 0.230 e. The van der Waals surface area contributed by atoms with E-state index in [-0.39, 0.29) is 5.82 Å². The summed E-state index contributed by atoms with van der Waals surface area (Å²) in [5.74, 6) is 1.85. The van der Waals surface area contributed by atoms with Crippen LogP contribution >= 0.6 is 0 Å². The maximum absolute atomic E-state index is 13.2. The molecule has 1 aromatic heterocycles. The summed E-state index contributed by atoms with van der Waals surface area (Å²) >= 11 is 0. The fraction of sp³-hybridized carbons (Fsp3) is 0.529. The quantitative estimate of drug-likeness (QED) is 0.787. The van der Waals surface area contributed by atoms with Crippen molar-refractivity contribution in [3.05, 3.63) is 47.4 Å². The van der Waals surface area contributed by atoms with Crippen molar-refractivity contribution >= 4 is 0 Å². The molecule has 5 heteroatoms. The zero-order valence-electron chi connectivity index (χ0n) is 12.5. The molecule has 2 fully saturated rings. The maximum atomic E-state index is 13.2. The molecule has 0 spiro atoms. The lowest BCUT2D eigenvalue weighted by Gasteiger charge is -2.19. The van der Waals surface area contributed by atoms with Gasteiger partial charge in [0.05, 0.1) is 6.54 Å². The van der Waals surface area contributed by atoms with Gasteiger partial charge < -0.3 is 4.42 Å². The molecular weight excluding hydrogens is 281 g/mol. The molecule has 1 aromatic carbocycles. The minimum absolute atomic E-state index is 0.165. The van der Waals surface area contributed by atoms with Crippen LogP contribution in [0.5, 0.6) is 0 Å². The number of nitrogens with zero attached hydrogens (tertiary/aromatic N) is 3. The van der Waals surface area contributed by atoms with Crippen molar-refractivity contribution in [3.63, 3.8) is 0 Å². The van der Waals surface area contributed by atoms with E-state index in [1.165, 1.54) is 31.7 Å². The number of hydrogen-bond acceptors (Lipinski definition) is 4. The second kappa shape index (κ2) is 5.80. The highest BCUT2D eigenvalue weighted by Crippen LogP contribution is 2.39. The molecule has 2 saturated carbocycles. The molecule has 0 unspecified atom stereocenters. The molecule has 2 aliphatic carbocycles. The van der Waals surface area contributed by atoms with E-state index >= 15 is 0 Å². The molecule has 1 heterocycles. The molecule has 22 heavy (non-hydrogen) atoms. The normalized spacial score (nSPS) is 18.1. The highest BCUT2D eigenvalue weighted by Gasteiger charge is 2.32. The van der Waals surface area contributed by atoms with Gasteiger partial charge in [-0.15, -0.1) is 10.2 Å². The lowest BCUT2D eigenvalue weighted by Crippen LogP contribution is -2.28. The molecule has 0 bridgehead atoms. The van der Waals surface area contributed by atoms with E-state index in [1.54, 1.807) is 12.1 Å². The van der Waals surface area contributed by atoms with Crippen LogP contribution in [-0.2, 0) is 13.0 Å². The topological polar surface area (TPSA) is 42.2 Å². The van der Waals surface area contributed by atoms with Gasteiger partial charge in [-0.25, -0.2) is 4.39 Å². The Morgan fingerprint density at radius 1 is 1.18 bits per heavy atom. The van der Waals surface area contributed by atoms with Crippen LogP contribution in [-0.4, -0.2) is 27.7 Å². The van der Waals surface area contributed by atoms with Crippen LogP contribution < -0.4 is 0 Å². The lowest BCUT2D eigenvalue weighted by molar-refractivity contribution is 0.229. The van der Waals surface area contributed by atoms with Gasteiger partial charge in [0.15, 0.2) is 0 Å². The second-order valence-electron chi connectivity index (χ2n) is 6.39. The van der Waals surface area contributed by atoms with E-state index in [9.17, 15) is 4.39 Å². The molecule has 2 aromatic rings. The maximum Gasteiger partial charge on any atom is 0.230 e. The molecule has 0 saturated heterocycles. The highest BCUT2D eigenvalue weighted by molar-refractivity contribution is 5.16. The SMILES string of the molecule is Fc1cccc(CCN(Cc2nnc(C3CC3)o2)C2CC2)c1. The third kappa shape index (κ3) is 3.35. The number of halogens is 1. The van der Waals surface area contributed by atoms with Crippen molar-refractivity contribution in [1.29, 1.82) is 0 Å². The van der Waals surface area contributed by atoms with Crippen LogP contribution in [0.2, 0.25) is 0 Å². The van der Waals surface area contributed by atoms with Gasteiger partial charge in [-0.05, 0) is 49.8 Å². The fourth-order valence-corrected chi connectivity index (χ4v) is 2.80. The largest absolute Gasteiger partial charge is 0.424 e. The predicted octanol–water partition coefficient (Wildman–Crippen LogP) is 3.29. The zero-order valence-corrected chi connectivity index (χ0v) is 12.5. The lowest BCUT2D eigenvalue weighted by atomic mass is 10.1. The van der Waals surface area contributed by atoms with Gasteiger partial charge in [-0.1, -0.05) is 12.1 Å². The van der Waals surface area contributed by atoms with E-state index in [0.29, 0.717) is 24.4 Å². The van der Waals surface area contributed by atoms with Gasteiger partial charge in [-0.3, -0.25) is 4.90 Å². The molecular formula is C17H20FN3O. The third-order valence-corrected chi connectivity index (χ3v) is 4.39. The van der Waals surface area contributed by atoms with Crippen molar-refractivity contribution in [2.24, 2.45) is 0 Å². The van der Waals surface area contributed by atoms with E-state index in [4.69, 9.17) is 4.42 Å². The number of rotatable bonds is 7. The standard InChI is InChI=1S/C17H20FN3O/c18-14-3-1-2-12(10-14)8-9-21(15-6-7-15)11-16-19-20-17(22-16)13-4-5-13/h1-3,10,13,15H,4-9,11H2. The molecule has 0 atom stereocenters.